The van der Waals surface area contributed by atoms with Crippen LogP contribution >= 0.6 is 15.6 Å². The molecule has 0 aliphatic carbocycles. The third kappa shape index (κ3) is 72.3. The molecule has 0 saturated heterocycles. The van der Waals surface area contributed by atoms with Crippen molar-refractivity contribution in [3.8, 4) is 0 Å². The summed E-state index contributed by atoms with van der Waals surface area (Å²) in [5, 5.41) is 10.6. The maximum Gasteiger partial charge on any atom is 0.472 e. The first kappa shape index (κ1) is 96.5. The summed E-state index contributed by atoms with van der Waals surface area (Å²) >= 11 is 0. The molecule has 3 N–H and O–H groups in total. The van der Waals surface area contributed by atoms with Crippen molar-refractivity contribution in [3.05, 3.63) is 24.3 Å². The second-order valence-corrected chi connectivity index (χ2v) is 32.2. The molecule has 0 saturated carbocycles. The highest BCUT2D eigenvalue weighted by Gasteiger charge is 2.30. The predicted molar refractivity (Wildman–Crippen MR) is 404 cm³/mol. The van der Waals surface area contributed by atoms with Crippen LogP contribution in [-0.2, 0) is 65.4 Å². The molecule has 0 rings (SSSR count). The summed E-state index contributed by atoms with van der Waals surface area (Å²) in [5.74, 6) is 0.193. The molecule has 99 heavy (non-hydrogen) atoms. The number of esters is 4. The Morgan fingerprint density at radius 2 is 0.596 bits per heavy atom. The number of unbranched alkanes of at least 4 members (excludes halogenated alkanes) is 40. The summed E-state index contributed by atoms with van der Waals surface area (Å²) in [6.07, 6.45) is 60.4. The molecule has 0 spiro atoms. The Balaban J connectivity index is 5.27. The Morgan fingerprint density at radius 3 is 0.899 bits per heavy atom. The Labute approximate surface area is 605 Å². The molecule has 6 atom stereocenters. The zero-order chi connectivity index (χ0) is 73.0. The molecule has 0 aliphatic heterocycles. The van der Waals surface area contributed by atoms with E-state index in [0.717, 1.165) is 121 Å². The molecule has 0 fully saturated rings. The lowest BCUT2D eigenvalue weighted by atomic mass is 9.99. The smallest absolute Gasteiger partial charge is 0.462 e. The fraction of sp³-hybridized carbons (Fsp3) is 0.900. The molecule has 19 heteroatoms. The first-order valence-electron chi connectivity index (χ1n) is 40.7. The highest BCUT2D eigenvalue weighted by atomic mass is 31.2. The highest BCUT2D eigenvalue weighted by molar-refractivity contribution is 7.47. The van der Waals surface area contributed by atoms with Crippen molar-refractivity contribution in [2.45, 2.75) is 407 Å². The minimum absolute atomic E-state index is 0.0850. The molecule has 0 aromatic carbocycles. The van der Waals surface area contributed by atoms with Crippen LogP contribution in [0.5, 0.6) is 0 Å². The van der Waals surface area contributed by atoms with Gasteiger partial charge in [-0.2, -0.15) is 0 Å². The van der Waals surface area contributed by atoms with Crippen molar-refractivity contribution < 1.29 is 80.2 Å². The number of hydrogen-bond donors (Lipinski definition) is 3. The van der Waals surface area contributed by atoms with Crippen LogP contribution in [0.15, 0.2) is 24.3 Å². The van der Waals surface area contributed by atoms with E-state index in [0.29, 0.717) is 31.6 Å². The van der Waals surface area contributed by atoms with Crippen molar-refractivity contribution in [1.29, 1.82) is 0 Å². The lowest BCUT2D eigenvalue weighted by Gasteiger charge is -2.21. The highest BCUT2D eigenvalue weighted by Crippen LogP contribution is 2.45. The Hall–Kier alpha value is -2.46. The number of phosphoric ester groups is 2. The monoisotopic (exact) mass is 1450 g/mol. The quantitative estimate of drug-likeness (QED) is 0.0169. The average Bonchev–Trinajstić information content (AvgIpc) is 0.981. The summed E-state index contributed by atoms with van der Waals surface area (Å²) < 4.78 is 68.6. The second kappa shape index (κ2) is 69.9. The van der Waals surface area contributed by atoms with Gasteiger partial charge in [-0.05, 0) is 69.1 Å². The molecule has 0 aromatic heterocycles. The van der Waals surface area contributed by atoms with Crippen molar-refractivity contribution in [2.75, 3.05) is 39.6 Å². The van der Waals surface area contributed by atoms with Crippen LogP contribution in [0.25, 0.3) is 0 Å². The van der Waals surface area contributed by atoms with Gasteiger partial charge in [0.15, 0.2) is 12.2 Å². The first-order valence-corrected chi connectivity index (χ1v) is 43.7. The van der Waals surface area contributed by atoms with Crippen LogP contribution < -0.4 is 0 Å². The third-order valence-electron chi connectivity index (χ3n) is 18.4. The van der Waals surface area contributed by atoms with Crippen molar-refractivity contribution in [1.82, 2.24) is 0 Å². The van der Waals surface area contributed by atoms with Crippen molar-refractivity contribution in [2.24, 2.45) is 17.8 Å². The van der Waals surface area contributed by atoms with E-state index in [1.165, 1.54) is 180 Å². The molecule has 17 nitrogen and oxygen atoms in total. The Morgan fingerprint density at radius 1 is 0.333 bits per heavy atom. The summed E-state index contributed by atoms with van der Waals surface area (Å²) in [7, 11) is -9.93. The number of aliphatic hydroxyl groups excluding tert-OH is 1. The topological polar surface area (TPSA) is 237 Å². The molecule has 4 unspecified atom stereocenters. The van der Waals surface area contributed by atoms with Crippen LogP contribution in [0.3, 0.4) is 0 Å². The molecule has 0 aromatic rings. The first-order chi connectivity index (χ1) is 47.8. The van der Waals surface area contributed by atoms with Gasteiger partial charge in [-0.1, -0.05) is 336 Å². The maximum absolute atomic E-state index is 13.1. The van der Waals surface area contributed by atoms with Crippen molar-refractivity contribution >= 4 is 39.5 Å². The van der Waals surface area contributed by atoms with E-state index in [1.54, 1.807) is 0 Å². The summed E-state index contributed by atoms with van der Waals surface area (Å²) in [4.78, 5) is 72.9. The Kier molecular flexibility index (Phi) is 68.1. The van der Waals surface area contributed by atoms with Crippen LogP contribution in [0.1, 0.15) is 389 Å². The number of ether oxygens (including phenoxy) is 4. The fourth-order valence-corrected chi connectivity index (χ4v) is 13.3. The van der Waals surface area contributed by atoms with Gasteiger partial charge in [0.25, 0.3) is 0 Å². The average molecular weight is 1450 g/mol. The third-order valence-corrected chi connectivity index (χ3v) is 20.3. The number of phosphoric acid groups is 2. The number of rotatable bonds is 76. The van der Waals surface area contributed by atoms with E-state index in [2.05, 4.69) is 72.8 Å². The van der Waals surface area contributed by atoms with Gasteiger partial charge in [0.05, 0.1) is 26.4 Å². The zero-order valence-corrected chi connectivity index (χ0v) is 66.2. The SMILES string of the molecule is CCCCCC/C=C\C=C/CCCCCCCC(=O)O[C@H](COC(=O)CCCCCCCCCCCCCCCCC(C)CC)COP(=O)(O)OCC(O)COP(=O)(O)OC[C@@H](COC(=O)CCCCCCCCCC(C)C)OC(=O)CCCCCCCCCCCCCCCC(C)C. The van der Waals surface area contributed by atoms with Gasteiger partial charge in [0.1, 0.15) is 19.3 Å². The number of allylic oxidation sites excluding steroid dienone is 4. The van der Waals surface area contributed by atoms with E-state index in [4.69, 9.17) is 37.0 Å². The van der Waals surface area contributed by atoms with Gasteiger partial charge in [-0.25, -0.2) is 9.13 Å². The Bertz CT molecular complexity index is 2020. The number of hydrogen-bond acceptors (Lipinski definition) is 15. The van der Waals surface area contributed by atoms with Crippen LogP contribution in [-0.4, -0.2) is 96.7 Å². The van der Waals surface area contributed by atoms with E-state index in [-0.39, 0.29) is 25.7 Å². The number of carbonyl (C=O) groups excluding carboxylic acids is 4. The summed E-state index contributed by atoms with van der Waals surface area (Å²) in [6, 6.07) is 0. The molecule has 0 aliphatic rings. The predicted octanol–water partition coefficient (Wildman–Crippen LogP) is 23.3. The molecular weight excluding hydrogens is 1290 g/mol. The van der Waals surface area contributed by atoms with Gasteiger partial charge in [-0.3, -0.25) is 37.3 Å². The second-order valence-electron chi connectivity index (χ2n) is 29.3. The van der Waals surface area contributed by atoms with E-state index < -0.39 is 97.5 Å². The zero-order valence-electron chi connectivity index (χ0n) is 64.4. The van der Waals surface area contributed by atoms with Gasteiger partial charge >= 0.3 is 39.5 Å². The normalized spacial score (nSPS) is 14.4. The van der Waals surface area contributed by atoms with E-state index in [1.807, 2.05) is 0 Å². The minimum atomic E-state index is -4.97. The fourth-order valence-electron chi connectivity index (χ4n) is 11.7. The van der Waals surface area contributed by atoms with Crippen LogP contribution in [0, 0.1) is 17.8 Å². The van der Waals surface area contributed by atoms with Crippen LogP contribution in [0.2, 0.25) is 0 Å². The molecule has 0 radical (unpaired) electrons. The van der Waals surface area contributed by atoms with Gasteiger partial charge < -0.3 is 33.8 Å². The largest absolute Gasteiger partial charge is 0.472 e. The molecule has 0 bridgehead atoms. The van der Waals surface area contributed by atoms with E-state index >= 15 is 0 Å². The van der Waals surface area contributed by atoms with Gasteiger partial charge in [0, 0.05) is 25.7 Å². The molecule has 0 heterocycles. The molecular formula is C80H152O17P2. The molecule has 0 amide bonds. The molecule has 584 valence electrons. The van der Waals surface area contributed by atoms with E-state index in [9.17, 15) is 43.2 Å². The summed E-state index contributed by atoms with van der Waals surface area (Å²) in [6.45, 7) is 11.9. The number of aliphatic hydroxyl groups is 1. The lowest BCUT2D eigenvalue weighted by Crippen LogP contribution is -2.30. The lowest BCUT2D eigenvalue weighted by molar-refractivity contribution is -0.161. The van der Waals surface area contributed by atoms with Crippen molar-refractivity contribution in [3.63, 3.8) is 0 Å². The van der Waals surface area contributed by atoms with Crippen LogP contribution in [0.4, 0.5) is 0 Å². The minimum Gasteiger partial charge on any atom is -0.462 e. The summed E-state index contributed by atoms with van der Waals surface area (Å²) in [5.41, 5.74) is 0. The van der Waals surface area contributed by atoms with Gasteiger partial charge in [0.2, 0.25) is 0 Å². The maximum atomic E-state index is 13.1. The number of carbonyl (C=O) groups is 4. The van der Waals surface area contributed by atoms with Gasteiger partial charge in [-0.15, -0.1) is 0 Å². The standard InChI is InChI=1S/C80H152O17P2/c1-8-10-11-12-13-14-15-16-17-24-29-34-41-49-56-63-79(84)96-75(67-90-77(82)61-54-47-40-33-28-23-19-18-22-27-32-39-46-53-60-73(7)9-2)69-94-98(86,87)92-65-74(81)66-93-99(88,89)95-70-76(68-91-78(83)62-55-48-43-36-38-45-52-59-72(5)6)97-80(85)64-57-50-42-35-30-25-20-21-26-31-37-44-51-58-71(3)4/h14-17,71-76,81H,8-13,18-70H2,1-7H3,(H,86,87)(H,88,89)/b15-14-,17-16-/t73?,74?,75-,76-/m1/s1.